The molecule has 1 saturated heterocycles. The van der Waals surface area contributed by atoms with Crippen LogP contribution in [0, 0.1) is 0 Å². The number of carbonyl (C=O) groups is 2. The number of nitrogens with one attached hydrogen (secondary N) is 1. The molecule has 0 aromatic carbocycles. The molecular formula is C12H18N4O4S2. The van der Waals surface area contributed by atoms with Gasteiger partial charge in [0.15, 0.2) is 4.34 Å². The Morgan fingerprint density at radius 3 is 3.00 bits per heavy atom. The highest BCUT2D eigenvalue weighted by Crippen LogP contribution is 2.26. The Bertz CT molecular complexity index is 525. The van der Waals surface area contributed by atoms with Crippen molar-refractivity contribution in [1.82, 2.24) is 10.2 Å². The molecule has 2 atom stereocenters. The molecule has 1 amide bonds. The van der Waals surface area contributed by atoms with Crippen molar-refractivity contribution in [2.45, 2.75) is 36.3 Å². The van der Waals surface area contributed by atoms with Gasteiger partial charge in [-0.05, 0) is 19.8 Å². The van der Waals surface area contributed by atoms with Crippen LogP contribution in [0.4, 0.5) is 5.13 Å². The number of hydrogen-bond donors (Lipinski definition) is 2. The van der Waals surface area contributed by atoms with Crippen LogP contribution in [0.15, 0.2) is 4.34 Å². The van der Waals surface area contributed by atoms with Crippen LogP contribution in [0.25, 0.3) is 0 Å². The molecule has 1 aromatic heterocycles. The first-order valence-corrected chi connectivity index (χ1v) is 8.71. The number of hydrogen-bond acceptors (Lipinski definition) is 9. The monoisotopic (exact) mass is 346 g/mol. The number of ether oxygens (including phenoxy) is 2. The molecule has 3 N–H and O–H groups in total. The number of thioether (sulfide) groups is 1. The number of anilines is 1. The summed E-state index contributed by atoms with van der Waals surface area (Å²) in [6.07, 6.45) is 0.886. The topological polar surface area (TPSA) is 116 Å². The van der Waals surface area contributed by atoms with E-state index in [1.54, 1.807) is 6.92 Å². The lowest BCUT2D eigenvalue weighted by Gasteiger charge is -2.10. The van der Waals surface area contributed by atoms with Crippen molar-refractivity contribution >= 4 is 40.1 Å². The smallest absolute Gasteiger partial charge is 0.316 e. The molecule has 0 spiro atoms. The molecule has 1 fully saturated rings. The molecule has 122 valence electrons. The third-order valence-electron chi connectivity index (χ3n) is 2.92. The van der Waals surface area contributed by atoms with Crippen LogP contribution in [0.3, 0.4) is 0 Å². The number of rotatable bonds is 7. The van der Waals surface area contributed by atoms with Crippen molar-refractivity contribution < 1.29 is 19.1 Å². The van der Waals surface area contributed by atoms with Crippen LogP contribution >= 0.6 is 23.1 Å². The normalized spacial score (nSPS) is 20.8. The fourth-order valence-corrected chi connectivity index (χ4v) is 3.45. The SMILES string of the molecule is CCOC(=O)CSc1nnc(NC(=O)[C@@H]2CC[C@H](CN)O2)s1. The first-order valence-electron chi connectivity index (χ1n) is 6.90. The molecule has 1 aliphatic rings. The highest BCUT2D eigenvalue weighted by molar-refractivity contribution is 8.01. The zero-order chi connectivity index (χ0) is 15.9. The van der Waals surface area contributed by atoms with Crippen LogP contribution in [0.1, 0.15) is 19.8 Å². The number of nitrogens with two attached hydrogens (primary N) is 1. The predicted octanol–water partition coefficient (Wildman–Crippen LogP) is 0.638. The van der Waals surface area contributed by atoms with E-state index in [0.717, 1.165) is 6.42 Å². The zero-order valence-electron chi connectivity index (χ0n) is 12.1. The van der Waals surface area contributed by atoms with E-state index >= 15 is 0 Å². The molecule has 22 heavy (non-hydrogen) atoms. The van der Waals surface area contributed by atoms with E-state index in [9.17, 15) is 9.59 Å². The standard InChI is InChI=1S/C12H18N4O4S2/c1-2-19-9(17)6-21-12-16-15-11(22-12)14-10(18)8-4-3-7(5-13)20-8/h7-8H,2-6,13H2,1H3,(H,14,15,18)/t7-,8+/m1/s1. The van der Waals surface area contributed by atoms with E-state index in [-0.39, 0.29) is 23.7 Å². The van der Waals surface area contributed by atoms with Crippen molar-refractivity contribution in [3.05, 3.63) is 0 Å². The molecule has 1 aliphatic heterocycles. The second-order valence-corrected chi connectivity index (χ2v) is 6.72. The minimum atomic E-state index is -0.493. The van der Waals surface area contributed by atoms with Crippen molar-refractivity contribution in [2.24, 2.45) is 5.73 Å². The first-order chi connectivity index (χ1) is 10.6. The van der Waals surface area contributed by atoms with Crippen LogP contribution < -0.4 is 11.1 Å². The van der Waals surface area contributed by atoms with Gasteiger partial charge in [-0.3, -0.25) is 14.9 Å². The molecule has 8 nitrogen and oxygen atoms in total. The Balaban J connectivity index is 1.79. The first kappa shape index (κ1) is 17.1. The van der Waals surface area contributed by atoms with Gasteiger partial charge in [0.25, 0.3) is 5.91 Å². The number of aromatic nitrogens is 2. The lowest BCUT2D eigenvalue weighted by molar-refractivity contribution is -0.139. The van der Waals surface area contributed by atoms with Crippen molar-refractivity contribution in [2.75, 3.05) is 24.2 Å². The minimum Gasteiger partial charge on any atom is -0.465 e. The van der Waals surface area contributed by atoms with E-state index < -0.39 is 6.10 Å². The highest BCUT2D eigenvalue weighted by Gasteiger charge is 2.30. The number of carbonyl (C=O) groups excluding carboxylic acids is 2. The van der Waals surface area contributed by atoms with Crippen molar-refractivity contribution in [1.29, 1.82) is 0 Å². The van der Waals surface area contributed by atoms with Gasteiger partial charge in [-0.15, -0.1) is 10.2 Å². The van der Waals surface area contributed by atoms with Crippen molar-refractivity contribution in [3.63, 3.8) is 0 Å². The van der Waals surface area contributed by atoms with E-state index in [2.05, 4.69) is 15.5 Å². The molecule has 0 bridgehead atoms. The van der Waals surface area contributed by atoms with Gasteiger partial charge in [-0.25, -0.2) is 0 Å². The Morgan fingerprint density at radius 2 is 2.32 bits per heavy atom. The van der Waals surface area contributed by atoms with Gasteiger partial charge < -0.3 is 15.2 Å². The minimum absolute atomic E-state index is 0.0548. The average molecular weight is 346 g/mol. The number of amides is 1. The summed E-state index contributed by atoms with van der Waals surface area (Å²) in [6, 6.07) is 0. The van der Waals surface area contributed by atoms with Gasteiger partial charge in [0, 0.05) is 6.54 Å². The summed E-state index contributed by atoms with van der Waals surface area (Å²) in [4.78, 5) is 23.3. The summed E-state index contributed by atoms with van der Waals surface area (Å²) >= 11 is 2.43. The third kappa shape index (κ3) is 4.90. The van der Waals surface area contributed by atoms with Gasteiger partial charge in [0.2, 0.25) is 5.13 Å². The molecule has 0 radical (unpaired) electrons. The Kier molecular flexibility index (Phi) is 6.55. The van der Waals surface area contributed by atoms with Crippen LogP contribution in [-0.4, -0.2) is 53.2 Å². The quantitative estimate of drug-likeness (QED) is 0.420. The summed E-state index contributed by atoms with van der Waals surface area (Å²) in [7, 11) is 0. The van der Waals surface area contributed by atoms with E-state index in [0.29, 0.717) is 29.0 Å². The molecule has 0 saturated carbocycles. The summed E-state index contributed by atoms with van der Waals surface area (Å²) in [6.45, 7) is 2.51. The molecule has 10 heteroatoms. The molecule has 2 heterocycles. The Hall–Kier alpha value is -1.23. The maximum atomic E-state index is 12.0. The molecule has 0 unspecified atom stereocenters. The average Bonchev–Trinajstić information content (AvgIpc) is 3.14. The van der Waals surface area contributed by atoms with Gasteiger partial charge >= 0.3 is 5.97 Å². The van der Waals surface area contributed by atoms with Gasteiger partial charge in [0.1, 0.15) is 6.10 Å². The summed E-state index contributed by atoms with van der Waals surface area (Å²) in [5, 5.41) is 10.8. The van der Waals surface area contributed by atoms with Crippen LogP contribution in [0.2, 0.25) is 0 Å². The lowest BCUT2D eigenvalue weighted by atomic mass is 10.2. The molecular weight excluding hydrogens is 328 g/mol. The largest absolute Gasteiger partial charge is 0.465 e. The molecule has 2 rings (SSSR count). The number of nitrogens with zero attached hydrogens (tertiary/aromatic N) is 2. The second kappa shape index (κ2) is 8.42. The summed E-state index contributed by atoms with van der Waals surface area (Å²) in [5.74, 6) is -0.380. The highest BCUT2D eigenvalue weighted by atomic mass is 32.2. The van der Waals surface area contributed by atoms with Crippen LogP contribution in [-0.2, 0) is 19.1 Å². The van der Waals surface area contributed by atoms with E-state index in [4.69, 9.17) is 15.2 Å². The Labute approximate surface area is 136 Å². The van der Waals surface area contributed by atoms with Gasteiger partial charge in [-0.2, -0.15) is 0 Å². The predicted molar refractivity (Wildman–Crippen MR) is 82.8 cm³/mol. The van der Waals surface area contributed by atoms with Gasteiger partial charge in [-0.1, -0.05) is 23.1 Å². The fraction of sp³-hybridized carbons (Fsp3) is 0.667. The number of esters is 1. The van der Waals surface area contributed by atoms with E-state index in [1.165, 1.54) is 23.1 Å². The second-order valence-electron chi connectivity index (χ2n) is 4.52. The van der Waals surface area contributed by atoms with Gasteiger partial charge in [0.05, 0.1) is 18.5 Å². The maximum absolute atomic E-state index is 12.0. The van der Waals surface area contributed by atoms with Crippen molar-refractivity contribution in [3.8, 4) is 0 Å². The maximum Gasteiger partial charge on any atom is 0.316 e. The molecule has 0 aliphatic carbocycles. The molecule has 1 aromatic rings. The third-order valence-corrected chi connectivity index (χ3v) is 4.86. The zero-order valence-corrected chi connectivity index (χ0v) is 13.7. The Morgan fingerprint density at radius 1 is 1.50 bits per heavy atom. The fourth-order valence-electron chi connectivity index (χ4n) is 1.90. The summed E-state index contributed by atoms with van der Waals surface area (Å²) < 4.78 is 10.9. The summed E-state index contributed by atoms with van der Waals surface area (Å²) in [5.41, 5.74) is 5.51. The van der Waals surface area contributed by atoms with Crippen LogP contribution in [0.5, 0.6) is 0 Å². The van der Waals surface area contributed by atoms with E-state index in [1.807, 2.05) is 0 Å². The lowest BCUT2D eigenvalue weighted by Crippen LogP contribution is -2.29.